The van der Waals surface area contributed by atoms with Crippen LogP contribution in [0.15, 0.2) is 0 Å². The van der Waals surface area contributed by atoms with Gasteiger partial charge in [-0.15, -0.1) is 0 Å². The molecule has 1 atom stereocenters. The van der Waals surface area contributed by atoms with Crippen LogP contribution in [0, 0.1) is 0 Å². The first-order chi connectivity index (χ1) is 5.47. The summed E-state index contributed by atoms with van der Waals surface area (Å²) in [6.45, 7) is 6.84. The van der Waals surface area contributed by atoms with Crippen molar-refractivity contribution in [2.45, 2.75) is 38.4 Å². The minimum atomic E-state index is -0.682. The Morgan fingerprint density at radius 3 is 2.50 bits per heavy atom. The second kappa shape index (κ2) is 3.15. The van der Waals surface area contributed by atoms with Crippen LogP contribution in [0.3, 0.4) is 0 Å². The first-order valence-electron chi connectivity index (χ1n) is 4.22. The zero-order chi connectivity index (χ0) is 9.24. The molecule has 1 aliphatic heterocycles. The number of hydrogen-bond donors (Lipinski definition) is 0. The summed E-state index contributed by atoms with van der Waals surface area (Å²) in [4.78, 5) is 10.8. The van der Waals surface area contributed by atoms with Gasteiger partial charge >= 0.3 is 0 Å². The number of rotatable bonds is 2. The van der Waals surface area contributed by atoms with E-state index < -0.39 is 5.60 Å². The topological polar surface area (TPSA) is 35.5 Å². The third kappa shape index (κ3) is 2.29. The molecule has 70 valence electrons. The molecule has 0 aromatic rings. The fourth-order valence-corrected chi connectivity index (χ4v) is 1.37. The van der Waals surface area contributed by atoms with Crippen molar-refractivity contribution < 1.29 is 14.3 Å². The van der Waals surface area contributed by atoms with Crippen molar-refractivity contribution in [2.75, 3.05) is 13.2 Å². The van der Waals surface area contributed by atoms with Crippen LogP contribution in [0.25, 0.3) is 0 Å². The van der Waals surface area contributed by atoms with Crippen LogP contribution in [-0.2, 0) is 14.3 Å². The Hall–Kier alpha value is -0.410. The van der Waals surface area contributed by atoms with E-state index in [1.807, 2.05) is 20.8 Å². The highest BCUT2D eigenvalue weighted by Crippen LogP contribution is 2.26. The Labute approximate surface area is 73.0 Å². The smallest absolute Gasteiger partial charge is 0.154 e. The normalized spacial score (nSPS) is 30.6. The van der Waals surface area contributed by atoms with E-state index in [0.717, 1.165) is 6.29 Å². The van der Waals surface area contributed by atoms with Crippen LogP contribution in [-0.4, -0.2) is 30.7 Å². The first kappa shape index (κ1) is 9.68. The van der Waals surface area contributed by atoms with E-state index in [0.29, 0.717) is 19.6 Å². The lowest BCUT2D eigenvalue weighted by molar-refractivity contribution is -0.152. The molecule has 0 aromatic heterocycles. The van der Waals surface area contributed by atoms with E-state index in [9.17, 15) is 4.79 Å². The number of ether oxygens (including phenoxy) is 2. The van der Waals surface area contributed by atoms with Gasteiger partial charge in [0.05, 0.1) is 18.8 Å². The second-order valence-corrected chi connectivity index (χ2v) is 4.20. The van der Waals surface area contributed by atoms with E-state index in [1.165, 1.54) is 0 Å². The van der Waals surface area contributed by atoms with Gasteiger partial charge in [0.25, 0.3) is 0 Å². The van der Waals surface area contributed by atoms with Crippen molar-refractivity contribution in [3.05, 3.63) is 0 Å². The Bertz CT molecular complexity index is 163. The van der Waals surface area contributed by atoms with Gasteiger partial charge in [-0.2, -0.15) is 0 Å². The molecule has 1 saturated heterocycles. The van der Waals surface area contributed by atoms with Gasteiger partial charge in [0.1, 0.15) is 5.60 Å². The van der Waals surface area contributed by atoms with Gasteiger partial charge in [-0.3, -0.25) is 0 Å². The highest BCUT2D eigenvalue weighted by Gasteiger charge is 2.39. The van der Waals surface area contributed by atoms with Gasteiger partial charge < -0.3 is 14.3 Å². The molecule has 1 unspecified atom stereocenters. The van der Waals surface area contributed by atoms with Crippen LogP contribution in [0.2, 0.25) is 0 Å². The molecule has 1 aliphatic rings. The first-order valence-corrected chi connectivity index (χ1v) is 4.22. The van der Waals surface area contributed by atoms with Crippen molar-refractivity contribution >= 4 is 6.29 Å². The Kier molecular flexibility index (Phi) is 2.54. The molecule has 3 nitrogen and oxygen atoms in total. The maximum absolute atomic E-state index is 10.8. The van der Waals surface area contributed by atoms with E-state index >= 15 is 0 Å². The third-order valence-corrected chi connectivity index (χ3v) is 1.74. The summed E-state index contributed by atoms with van der Waals surface area (Å²) in [7, 11) is 0. The van der Waals surface area contributed by atoms with Crippen molar-refractivity contribution in [2.24, 2.45) is 0 Å². The van der Waals surface area contributed by atoms with Crippen molar-refractivity contribution in [3.63, 3.8) is 0 Å². The van der Waals surface area contributed by atoms with E-state index in [2.05, 4.69) is 0 Å². The molecule has 1 heterocycles. The zero-order valence-electron chi connectivity index (χ0n) is 7.92. The lowest BCUT2D eigenvalue weighted by atomic mass is 10.0. The van der Waals surface area contributed by atoms with Crippen LogP contribution in [0.1, 0.15) is 27.2 Å². The molecule has 1 fully saturated rings. The predicted octanol–water partition coefficient (Wildman–Crippen LogP) is 1.16. The summed E-state index contributed by atoms with van der Waals surface area (Å²) in [6, 6.07) is 0. The Morgan fingerprint density at radius 2 is 2.17 bits per heavy atom. The largest absolute Gasteiger partial charge is 0.378 e. The standard InChI is InChI=1S/C9H16O3/c1-8(2,3)12-9(6-10)4-5-11-7-9/h6H,4-5,7H2,1-3H3. The lowest BCUT2D eigenvalue weighted by Gasteiger charge is -2.30. The maximum Gasteiger partial charge on any atom is 0.154 e. The van der Waals surface area contributed by atoms with Gasteiger partial charge in [-0.1, -0.05) is 0 Å². The number of hydrogen-bond acceptors (Lipinski definition) is 3. The minimum Gasteiger partial charge on any atom is -0.378 e. The maximum atomic E-state index is 10.8. The van der Waals surface area contributed by atoms with Gasteiger partial charge in [-0.05, 0) is 20.8 Å². The second-order valence-electron chi connectivity index (χ2n) is 4.20. The van der Waals surface area contributed by atoms with Crippen LogP contribution in [0.5, 0.6) is 0 Å². The molecular formula is C9H16O3. The van der Waals surface area contributed by atoms with Gasteiger partial charge in [0.2, 0.25) is 0 Å². The molecule has 0 saturated carbocycles. The van der Waals surface area contributed by atoms with E-state index in [4.69, 9.17) is 9.47 Å². The van der Waals surface area contributed by atoms with Crippen LogP contribution >= 0.6 is 0 Å². The summed E-state index contributed by atoms with van der Waals surface area (Å²) in [5.74, 6) is 0. The summed E-state index contributed by atoms with van der Waals surface area (Å²) in [6.07, 6.45) is 1.54. The van der Waals surface area contributed by atoms with Crippen LogP contribution in [0.4, 0.5) is 0 Å². The van der Waals surface area contributed by atoms with Crippen molar-refractivity contribution in [3.8, 4) is 0 Å². The van der Waals surface area contributed by atoms with Gasteiger partial charge in [-0.25, -0.2) is 0 Å². The molecule has 0 spiro atoms. The molecule has 0 bridgehead atoms. The average molecular weight is 172 g/mol. The monoisotopic (exact) mass is 172 g/mol. The minimum absolute atomic E-state index is 0.283. The summed E-state index contributed by atoms with van der Waals surface area (Å²) in [5.41, 5.74) is -0.965. The third-order valence-electron chi connectivity index (χ3n) is 1.74. The molecule has 12 heavy (non-hydrogen) atoms. The number of aldehydes is 1. The quantitative estimate of drug-likeness (QED) is 0.586. The summed E-state index contributed by atoms with van der Waals surface area (Å²) >= 11 is 0. The average Bonchev–Trinajstić information content (AvgIpc) is 2.34. The zero-order valence-corrected chi connectivity index (χ0v) is 7.92. The Morgan fingerprint density at radius 1 is 1.50 bits per heavy atom. The fraction of sp³-hybridized carbons (Fsp3) is 0.889. The Balaban J connectivity index is 2.62. The molecule has 0 N–H and O–H groups in total. The van der Waals surface area contributed by atoms with E-state index in [1.54, 1.807) is 0 Å². The van der Waals surface area contributed by atoms with Crippen molar-refractivity contribution in [1.82, 2.24) is 0 Å². The summed E-state index contributed by atoms with van der Waals surface area (Å²) in [5, 5.41) is 0. The van der Waals surface area contributed by atoms with Gasteiger partial charge in [0.15, 0.2) is 6.29 Å². The molecular weight excluding hydrogens is 156 g/mol. The highest BCUT2D eigenvalue weighted by molar-refractivity contribution is 5.63. The highest BCUT2D eigenvalue weighted by atomic mass is 16.6. The molecule has 0 radical (unpaired) electrons. The predicted molar refractivity (Wildman–Crippen MR) is 45.1 cm³/mol. The van der Waals surface area contributed by atoms with Crippen molar-refractivity contribution in [1.29, 1.82) is 0 Å². The molecule has 3 heteroatoms. The number of carbonyl (C=O) groups excluding carboxylic acids is 1. The van der Waals surface area contributed by atoms with Crippen LogP contribution < -0.4 is 0 Å². The lowest BCUT2D eigenvalue weighted by Crippen LogP contribution is -2.41. The SMILES string of the molecule is CC(C)(C)OC1(C=O)CCOC1. The molecule has 1 rings (SSSR count). The molecule has 0 aliphatic carbocycles. The summed E-state index contributed by atoms with van der Waals surface area (Å²) < 4.78 is 10.8. The fourth-order valence-electron chi connectivity index (χ4n) is 1.37. The molecule has 0 amide bonds. The molecule has 0 aromatic carbocycles. The van der Waals surface area contributed by atoms with Gasteiger partial charge in [0, 0.05) is 6.42 Å². The number of carbonyl (C=O) groups is 1. The van der Waals surface area contributed by atoms with E-state index in [-0.39, 0.29) is 5.60 Å².